The van der Waals surface area contributed by atoms with Crippen LogP contribution in [0.5, 0.6) is 0 Å². The zero-order valence-corrected chi connectivity index (χ0v) is 9.02. The minimum absolute atomic E-state index is 0.0313. The molecule has 0 spiro atoms. The highest BCUT2D eigenvalue weighted by molar-refractivity contribution is 8.13. The summed E-state index contributed by atoms with van der Waals surface area (Å²) in [5.41, 5.74) is 3.44. The van der Waals surface area contributed by atoms with Gasteiger partial charge in [-0.3, -0.25) is 4.79 Å². The molecule has 0 atom stereocenters. The number of aliphatic imine (C=N–C) groups is 1. The van der Waals surface area contributed by atoms with Crippen molar-refractivity contribution in [3.8, 4) is 0 Å². The molecule has 0 N–H and O–H groups in total. The summed E-state index contributed by atoms with van der Waals surface area (Å²) in [4.78, 5) is 15.4. The molecule has 0 saturated heterocycles. The molecule has 0 unspecified atom stereocenters. The molecule has 2 rings (SSSR count). The Morgan fingerprint density at radius 1 is 1.43 bits per heavy atom. The molecule has 1 aliphatic rings. The summed E-state index contributed by atoms with van der Waals surface area (Å²) < 4.78 is 0. The molecule has 72 valence electrons. The number of benzene rings is 1. The standard InChI is InChI=1S/C11H11NOS/c1-7-4-3-5-8-9(7)6-10(13)12-11(8)14-2/h3-5H,6H2,1-2H3. The lowest BCUT2D eigenvalue weighted by Gasteiger charge is -2.16. The van der Waals surface area contributed by atoms with Crippen molar-refractivity contribution in [3.63, 3.8) is 0 Å². The molecular formula is C11H11NOS. The quantitative estimate of drug-likeness (QED) is 0.649. The Labute approximate surface area is 87.4 Å². The number of nitrogens with zero attached hydrogens (tertiary/aromatic N) is 1. The smallest absolute Gasteiger partial charge is 0.251 e. The SMILES string of the molecule is CSC1=NC(=O)Cc2c(C)cccc21. The van der Waals surface area contributed by atoms with Crippen molar-refractivity contribution in [2.45, 2.75) is 13.3 Å². The minimum Gasteiger partial charge on any atom is -0.272 e. The van der Waals surface area contributed by atoms with Gasteiger partial charge in [-0.1, -0.05) is 18.2 Å². The number of hydrogen-bond acceptors (Lipinski definition) is 2. The topological polar surface area (TPSA) is 29.4 Å². The first-order chi connectivity index (χ1) is 6.72. The Kier molecular flexibility index (Phi) is 2.42. The first-order valence-electron chi connectivity index (χ1n) is 4.46. The lowest BCUT2D eigenvalue weighted by atomic mass is 9.97. The van der Waals surface area contributed by atoms with Crippen LogP contribution in [-0.2, 0) is 11.2 Å². The fraction of sp³-hybridized carbons (Fsp3) is 0.273. The molecule has 3 heteroatoms. The van der Waals surface area contributed by atoms with Crippen LogP contribution in [0.4, 0.5) is 0 Å². The summed E-state index contributed by atoms with van der Waals surface area (Å²) in [6.07, 6.45) is 2.40. The minimum atomic E-state index is -0.0313. The van der Waals surface area contributed by atoms with Gasteiger partial charge in [-0.05, 0) is 24.3 Å². The molecule has 1 heterocycles. The van der Waals surface area contributed by atoms with Crippen LogP contribution < -0.4 is 0 Å². The van der Waals surface area contributed by atoms with Crippen molar-refractivity contribution < 1.29 is 4.79 Å². The van der Waals surface area contributed by atoms with Gasteiger partial charge in [-0.25, -0.2) is 4.99 Å². The summed E-state index contributed by atoms with van der Waals surface area (Å²) in [6, 6.07) is 6.08. The summed E-state index contributed by atoms with van der Waals surface area (Å²) in [5.74, 6) is -0.0313. The van der Waals surface area contributed by atoms with Gasteiger partial charge < -0.3 is 0 Å². The van der Waals surface area contributed by atoms with Gasteiger partial charge in [0.1, 0.15) is 5.04 Å². The van der Waals surface area contributed by atoms with E-state index in [-0.39, 0.29) is 5.91 Å². The van der Waals surface area contributed by atoms with Gasteiger partial charge in [0.2, 0.25) is 0 Å². The van der Waals surface area contributed by atoms with Crippen LogP contribution in [0, 0.1) is 6.92 Å². The number of fused-ring (bicyclic) bond motifs is 1. The van der Waals surface area contributed by atoms with E-state index in [1.54, 1.807) is 0 Å². The molecule has 0 fully saturated rings. The Bertz CT molecular complexity index is 423. The zero-order chi connectivity index (χ0) is 10.1. The number of aryl methyl sites for hydroxylation is 1. The molecule has 1 amide bonds. The third-order valence-electron chi connectivity index (χ3n) is 2.39. The van der Waals surface area contributed by atoms with Crippen molar-refractivity contribution in [2.75, 3.05) is 6.26 Å². The Hall–Kier alpha value is -1.09. The average molecular weight is 205 g/mol. The largest absolute Gasteiger partial charge is 0.272 e. The summed E-state index contributed by atoms with van der Waals surface area (Å²) >= 11 is 1.53. The third kappa shape index (κ3) is 1.48. The average Bonchev–Trinajstić information content (AvgIpc) is 2.18. The Morgan fingerprint density at radius 3 is 2.93 bits per heavy atom. The van der Waals surface area contributed by atoms with Crippen LogP contribution >= 0.6 is 11.8 Å². The molecule has 0 saturated carbocycles. The molecule has 1 aromatic carbocycles. The van der Waals surface area contributed by atoms with Gasteiger partial charge in [0, 0.05) is 5.56 Å². The second-order valence-corrected chi connectivity index (χ2v) is 4.09. The van der Waals surface area contributed by atoms with E-state index in [4.69, 9.17) is 0 Å². The van der Waals surface area contributed by atoms with E-state index < -0.39 is 0 Å². The normalized spacial score (nSPS) is 15.0. The summed E-state index contributed by atoms with van der Waals surface area (Å²) in [5, 5.41) is 0.847. The predicted molar refractivity (Wildman–Crippen MR) is 59.9 cm³/mol. The van der Waals surface area contributed by atoms with Crippen LogP contribution in [-0.4, -0.2) is 17.2 Å². The molecule has 14 heavy (non-hydrogen) atoms. The number of thioether (sulfide) groups is 1. The fourth-order valence-corrected chi connectivity index (χ4v) is 2.26. The second-order valence-electron chi connectivity index (χ2n) is 3.29. The van der Waals surface area contributed by atoms with Gasteiger partial charge in [-0.15, -0.1) is 11.8 Å². The molecule has 1 aromatic rings. The summed E-state index contributed by atoms with van der Waals surface area (Å²) in [7, 11) is 0. The first-order valence-corrected chi connectivity index (χ1v) is 5.69. The van der Waals surface area contributed by atoms with Gasteiger partial charge >= 0.3 is 0 Å². The molecule has 1 aliphatic heterocycles. The molecule has 0 aromatic heterocycles. The monoisotopic (exact) mass is 205 g/mol. The first kappa shape index (κ1) is 9.46. The van der Waals surface area contributed by atoms with Crippen LogP contribution in [0.15, 0.2) is 23.2 Å². The second kappa shape index (κ2) is 3.58. The highest BCUT2D eigenvalue weighted by Crippen LogP contribution is 2.24. The van der Waals surface area contributed by atoms with Crippen molar-refractivity contribution in [2.24, 2.45) is 4.99 Å². The number of carbonyl (C=O) groups excluding carboxylic acids is 1. The highest BCUT2D eigenvalue weighted by Gasteiger charge is 2.19. The van der Waals surface area contributed by atoms with Gasteiger partial charge in [0.25, 0.3) is 5.91 Å². The van der Waals surface area contributed by atoms with Crippen LogP contribution in [0.3, 0.4) is 0 Å². The molecule has 0 radical (unpaired) electrons. The zero-order valence-electron chi connectivity index (χ0n) is 8.20. The number of amides is 1. The molecular weight excluding hydrogens is 194 g/mol. The fourth-order valence-electron chi connectivity index (χ4n) is 1.66. The third-order valence-corrected chi connectivity index (χ3v) is 3.09. The predicted octanol–water partition coefficient (Wildman–Crippen LogP) is 2.19. The number of rotatable bonds is 0. The van der Waals surface area contributed by atoms with E-state index in [9.17, 15) is 4.79 Å². The van der Waals surface area contributed by atoms with Crippen molar-refractivity contribution in [1.82, 2.24) is 0 Å². The maximum absolute atomic E-state index is 11.3. The molecule has 2 nitrogen and oxygen atoms in total. The molecule has 0 bridgehead atoms. The van der Waals surface area contributed by atoms with Gasteiger partial charge in [0.15, 0.2) is 0 Å². The Balaban J connectivity index is 2.61. The summed E-state index contributed by atoms with van der Waals surface area (Å²) in [6.45, 7) is 2.04. The van der Waals surface area contributed by atoms with E-state index in [1.165, 1.54) is 17.3 Å². The van der Waals surface area contributed by atoms with E-state index in [0.717, 1.165) is 16.2 Å². The number of carbonyl (C=O) groups is 1. The number of hydrogen-bond donors (Lipinski definition) is 0. The van der Waals surface area contributed by atoms with Gasteiger partial charge in [0.05, 0.1) is 6.42 Å². The maximum Gasteiger partial charge on any atom is 0.251 e. The van der Waals surface area contributed by atoms with Crippen molar-refractivity contribution in [1.29, 1.82) is 0 Å². The van der Waals surface area contributed by atoms with E-state index in [1.807, 2.05) is 31.4 Å². The molecule has 0 aliphatic carbocycles. The van der Waals surface area contributed by atoms with Crippen LogP contribution in [0.25, 0.3) is 0 Å². The van der Waals surface area contributed by atoms with E-state index in [0.29, 0.717) is 6.42 Å². The highest BCUT2D eigenvalue weighted by atomic mass is 32.2. The van der Waals surface area contributed by atoms with E-state index >= 15 is 0 Å². The van der Waals surface area contributed by atoms with Crippen molar-refractivity contribution >= 4 is 22.7 Å². The van der Waals surface area contributed by atoms with Crippen LogP contribution in [0.1, 0.15) is 16.7 Å². The van der Waals surface area contributed by atoms with Crippen molar-refractivity contribution in [3.05, 3.63) is 34.9 Å². The van der Waals surface area contributed by atoms with Crippen LogP contribution in [0.2, 0.25) is 0 Å². The maximum atomic E-state index is 11.3. The Morgan fingerprint density at radius 2 is 2.21 bits per heavy atom. The lowest BCUT2D eigenvalue weighted by Crippen LogP contribution is -2.15. The lowest BCUT2D eigenvalue weighted by molar-refractivity contribution is -0.117. The van der Waals surface area contributed by atoms with Gasteiger partial charge in [-0.2, -0.15) is 0 Å². The van der Waals surface area contributed by atoms with E-state index in [2.05, 4.69) is 4.99 Å².